The quantitative estimate of drug-likeness (QED) is 0.833. The van der Waals surface area contributed by atoms with Crippen LogP contribution in [0.2, 0.25) is 5.15 Å². The fourth-order valence-electron chi connectivity index (χ4n) is 1.44. The summed E-state index contributed by atoms with van der Waals surface area (Å²) in [7, 11) is 0. The minimum atomic E-state index is 0.0420. The number of hydrogen-bond acceptors (Lipinski definition) is 4. The number of rotatable bonds is 3. The average Bonchev–Trinajstić information content (AvgIpc) is 2.68. The smallest absolute Gasteiger partial charge is 0.134 e. The Kier molecular flexibility index (Phi) is 3.10. The van der Waals surface area contributed by atoms with Gasteiger partial charge in [0.1, 0.15) is 22.6 Å². The lowest BCUT2D eigenvalue weighted by Crippen LogP contribution is -2.08. The van der Waals surface area contributed by atoms with Crippen LogP contribution in [0.3, 0.4) is 0 Å². The summed E-state index contributed by atoms with van der Waals surface area (Å²) in [5.74, 6) is 2.19. The van der Waals surface area contributed by atoms with Gasteiger partial charge < -0.3 is 9.73 Å². The van der Waals surface area contributed by atoms with Gasteiger partial charge in [0.05, 0.1) is 12.3 Å². The van der Waals surface area contributed by atoms with Crippen LogP contribution in [0.1, 0.15) is 24.6 Å². The molecular formula is C11H12ClN3O. The van der Waals surface area contributed by atoms with Crippen LogP contribution >= 0.6 is 11.6 Å². The van der Waals surface area contributed by atoms with E-state index in [2.05, 4.69) is 15.3 Å². The third kappa shape index (κ3) is 2.52. The summed E-state index contributed by atoms with van der Waals surface area (Å²) in [6, 6.07) is 5.49. The van der Waals surface area contributed by atoms with Crippen molar-refractivity contribution in [3.8, 4) is 0 Å². The molecule has 0 aliphatic heterocycles. The fraction of sp³-hybridized carbons (Fsp3) is 0.273. The number of hydrogen-bond donors (Lipinski definition) is 1. The van der Waals surface area contributed by atoms with E-state index in [0.29, 0.717) is 16.8 Å². The number of aryl methyl sites for hydroxylation is 1. The Balaban J connectivity index is 2.15. The Hall–Kier alpha value is -1.55. The van der Waals surface area contributed by atoms with Crippen molar-refractivity contribution >= 4 is 17.4 Å². The monoisotopic (exact) mass is 237 g/mol. The van der Waals surface area contributed by atoms with Gasteiger partial charge in [-0.3, -0.25) is 0 Å². The minimum absolute atomic E-state index is 0.0420. The highest BCUT2D eigenvalue weighted by Gasteiger charge is 2.09. The molecule has 2 aromatic heterocycles. The van der Waals surface area contributed by atoms with Gasteiger partial charge in [-0.2, -0.15) is 0 Å². The molecule has 84 valence electrons. The van der Waals surface area contributed by atoms with E-state index >= 15 is 0 Å². The Labute approximate surface area is 98.7 Å². The van der Waals surface area contributed by atoms with Crippen molar-refractivity contribution in [2.75, 3.05) is 5.32 Å². The molecule has 2 heterocycles. The van der Waals surface area contributed by atoms with Gasteiger partial charge in [-0.1, -0.05) is 11.6 Å². The molecule has 0 saturated heterocycles. The standard InChI is InChI=1S/C11H12ClN3O/c1-7(9-4-3-5-16-9)13-11-6-10(12)14-8(2)15-11/h3-7H,1-2H3,(H,13,14,15). The molecule has 1 atom stereocenters. The summed E-state index contributed by atoms with van der Waals surface area (Å²) < 4.78 is 5.29. The zero-order valence-corrected chi connectivity index (χ0v) is 9.82. The Morgan fingerprint density at radius 1 is 1.44 bits per heavy atom. The van der Waals surface area contributed by atoms with Crippen LogP contribution in [0.15, 0.2) is 28.9 Å². The third-order valence-corrected chi connectivity index (χ3v) is 2.33. The van der Waals surface area contributed by atoms with Crippen LogP contribution in [-0.4, -0.2) is 9.97 Å². The van der Waals surface area contributed by atoms with E-state index in [1.807, 2.05) is 19.1 Å². The van der Waals surface area contributed by atoms with Crippen LogP contribution in [0.5, 0.6) is 0 Å². The summed E-state index contributed by atoms with van der Waals surface area (Å²) in [4.78, 5) is 8.23. The third-order valence-electron chi connectivity index (χ3n) is 2.14. The lowest BCUT2D eigenvalue weighted by molar-refractivity contribution is 0.490. The van der Waals surface area contributed by atoms with Gasteiger partial charge >= 0.3 is 0 Å². The van der Waals surface area contributed by atoms with Crippen molar-refractivity contribution in [2.45, 2.75) is 19.9 Å². The van der Waals surface area contributed by atoms with Crippen LogP contribution in [0.4, 0.5) is 5.82 Å². The molecular weight excluding hydrogens is 226 g/mol. The molecule has 1 N–H and O–H groups in total. The predicted molar refractivity (Wildman–Crippen MR) is 62.5 cm³/mol. The van der Waals surface area contributed by atoms with E-state index < -0.39 is 0 Å². The van der Waals surface area contributed by atoms with E-state index in [0.717, 1.165) is 5.76 Å². The summed E-state index contributed by atoms with van der Waals surface area (Å²) in [5.41, 5.74) is 0. The predicted octanol–water partition coefficient (Wildman–Crippen LogP) is 3.20. The van der Waals surface area contributed by atoms with Crippen molar-refractivity contribution in [3.05, 3.63) is 41.2 Å². The molecule has 0 fully saturated rings. The van der Waals surface area contributed by atoms with Crippen molar-refractivity contribution < 1.29 is 4.42 Å². The van der Waals surface area contributed by atoms with Gasteiger partial charge in [0.2, 0.25) is 0 Å². The normalized spacial score (nSPS) is 12.4. The number of halogens is 1. The number of anilines is 1. The molecule has 1 unspecified atom stereocenters. The van der Waals surface area contributed by atoms with Crippen molar-refractivity contribution in [2.24, 2.45) is 0 Å². The second kappa shape index (κ2) is 4.53. The maximum absolute atomic E-state index is 5.84. The summed E-state index contributed by atoms with van der Waals surface area (Å²) in [6.45, 7) is 3.79. The maximum Gasteiger partial charge on any atom is 0.134 e. The topological polar surface area (TPSA) is 51.0 Å². The SMILES string of the molecule is Cc1nc(Cl)cc(NC(C)c2ccco2)n1. The summed E-state index contributed by atoms with van der Waals surface area (Å²) in [5, 5.41) is 3.63. The molecule has 0 aliphatic carbocycles. The molecule has 0 saturated carbocycles. The first-order chi connectivity index (χ1) is 7.65. The highest BCUT2D eigenvalue weighted by molar-refractivity contribution is 6.29. The number of aromatic nitrogens is 2. The number of furan rings is 1. The van der Waals surface area contributed by atoms with Gasteiger partial charge in [0.25, 0.3) is 0 Å². The highest BCUT2D eigenvalue weighted by atomic mass is 35.5. The zero-order valence-electron chi connectivity index (χ0n) is 9.07. The van der Waals surface area contributed by atoms with Gasteiger partial charge in [-0.25, -0.2) is 9.97 Å². The lowest BCUT2D eigenvalue weighted by atomic mass is 10.2. The molecule has 5 heteroatoms. The van der Waals surface area contributed by atoms with Crippen LogP contribution in [0, 0.1) is 6.92 Å². The molecule has 0 bridgehead atoms. The first-order valence-electron chi connectivity index (χ1n) is 4.96. The van der Waals surface area contributed by atoms with Gasteiger partial charge in [-0.05, 0) is 26.0 Å². The number of nitrogens with zero attached hydrogens (tertiary/aromatic N) is 2. The molecule has 2 aromatic rings. The molecule has 0 spiro atoms. The fourth-order valence-corrected chi connectivity index (χ4v) is 1.66. The molecule has 0 aromatic carbocycles. The van der Waals surface area contributed by atoms with E-state index in [1.165, 1.54) is 0 Å². The second-order valence-electron chi connectivity index (χ2n) is 3.50. The first-order valence-corrected chi connectivity index (χ1v) is 5.34. The van der Waals surface area contributed by atoms with Gasteiger partial charge in [0, 0.05) is 6.07 Å². The molecule has 2 rings (SSSR count). The van der Waals surface area contributed by atoms with E-state index in [9.17, 15) is 0 Å². The zero-order chi connectivity index (χ0) is 11.5. The van der Waals surface area contributed by atoms with E-state index in [1.54, 1.807) is 19.3 Å². The highest BCUT2D eigenvalue weighted by Crippen LogP contribution is 2.19. The maximum atomic E-state index is 5.84. The summed E-state index contributed by atoms with van der Waals surface area (Å²) in [6.07, 6.45) is 1.64. The molecule has 0 radical (unpaired) electrons. The largest absolute Gasteiger partial charge is 0.467 e. The van der Waals surface area contributed by atoms with Gasteiger partial charge in [-0.15, -0.1) is 0 Å². The second-order valence-corrected chi connectivity index (χ2v) is 3.89. The Morgan fingerprint density at radius 2 is 2.25 bits per heavy atom. The van der Waals surface area contributed by atoms with Crippen LogP contribution < -0.4 is 5.32 Å². The van der Waals surface area contributed by atoms with Crippen molar-refractivity contribution in [1.29, 1.82) is 0 Å². The van der Waals surface area contributed by atoms with Crippen LogP contribution in [0.25, 0.3) is 0 Å². The molecule has 0 aliphatic rings. The number of nitrogens with one attached hydrogen (secondary N) is 1. The summed E-state index contributed by atoms with van der Waals surface area (Å²) >= 11 is 5.84. The van der Waals surface area contributed by atoms with E-state index in [4.69, 9.17) is 16.0 Å². The first kappa shape index (κ1) is 11.0. The van der Waals surface area contributed by atoms with E-state index in [-0.39, 0.29) is 6.04 Å². The molecule has 4 nitrogen and oxygen atoms in total. The Morgan fingerprint density at radius 3 is 2.88 bits per heavy atom. The van der Waals surface area contributed by atoms with Gasteiger partial charge in [0.15, 0.2) is 0 Å². The van der Waals surface area contributed by atoms with Crippen molar-refractivity contribution in [1.82, 2.24) is 9.97 Å². The van der Waals surface area contributed by atoms with Crippen molar-refractivity contribution in [3.63, 3.8) is 0 Å². The molecule has 16 heavy (non-hydrogen) atoms. The molecule has 0 amide bonds. The average molecular weight is 238 g/mol. The Bertz CT molecular complexity index is 450. The van der Waals surface area contributed by atoms with Crippen LogP contribution in [-0.2, 0) is 0 Å². The lowest BCUT2D eigenvalue weighted by Gasteiger charge is -2.12. The minimum Gasteiger partial charge on any atom is -0.467 e.